The van der Waals surface area contributed by atoms with Crippen LogP contribution in [0.3, 0.4) is 0 Å². The average Bonchev–Trinajstić information content (AvgIpc) is 2.79. The van der Waals surface area contributed by atoms with Crippen LogP contribution >= 0.6 is 11.5 Å². The predicted molar refractivity (Wildman–Crippen MR) is 64.0 cm³/mol. The Morgan fingerprint density at radius 2 is 2.17 bits per heavy atom. The Kier molecular flexibility index (Phi) is 3.58. The maximum atomic E-state index is 12.6. The minimum absolute atomic E-state index is 0.0905. The molecule has 6 nitrogen and oxygen atoms in total. The van der Waals surface area contributed by atoms with Gasteiger partial charge in [-0.15, -0.1) is 0 Å². The van der Waals surface area contributed by atoms with Gasteiger partial charge in [0, 0.05) is 11.5 Å². The summed E-state index contributed by atoms with van der Waals surface area (Å²) in [5, 5.41) is 3.80. The third-order valence-electron chi connectivity index (χ3n) is 1.85. The van der Waals surface area contributed by atoms with Crippen molar-refractivity contribution < 1.29 is 14.0 Å². The molecular weight excluding hydrogens is 259 g/mol. The van der Waals surface area contributed by atoms with Crippen LogP contribution in [0.4, 0.5) is 9.52 Å². The summed E-state index contributed by atoms with van der Waals surface area (Å²) in [6.07, 6.45) is 0.449. The lowest BCUT2D eigenvalue weighted by Crippen LogP contribution is -2.07. The number of rotatable bonds is 4. The number of hydrogen-bond acceptors (Lipinski definition) is 7. The van der Waals surface area contributed by atoms with E-state index in [1.54, 1.807) is 0 Å². The molecular formula is C10H7FN4O2S. The molecule has 0 saturated heterocycles. The Hall–Kier alpha value is -2.35. The Morgan fingerprint density at radius 3 is 2.72 bits per heavy atom. The summed E-state index contributed by atoms with van der Waals surface area (Å²) in [6, 6.07) is 5.18. The van der Waals surface area contributed by atoms with Gasteiger partial charge in [0.15, 0.2) is 28.7 Å². The molecule has 0 aliphatic rings. The molecule has 0 bridgehead atoms. The van der Waals surface area contributed by atoms with Crippen molar-refractivity contribution in [2.75, 3.05) is 5.73 Å². The topological polar surface area (TPSA) is 90.5 Å². The lowest BCUT2D eigenvalue weighted by molar-refractivity contribution is -0.102. The van der Waals surface area contributed by atoms with Gasteiger partial charge in [-0.2, -0.15) is 9.36 Å². The number of halogens is 1. The summed E-state index contributed by atoms with van der Waals surface area (Å²) in [5.74, 6) is -0.00977. The van der Waals surface area contributed by atoms with E-state index in [4.69, 9.17) is 10.6 Å². The number of carbonyl (C=O) groups is 1. The molecule has 0 spiro atoms. The number of nitrogens with zero attached hydrogens (tertiary/aromatic N) is 3. The third kappa shape index (κ3) is 2.86. The van der Waals surface area contributed by atoms with Gasteiger partial charge in [0.2, 0.25) is 0 Å². The van der Waals surface area contributed by atoms with Gasteiger partial charge in [-0.25, -0.2) is 4.39 Å². The van der Waals surface area contributed by atoms with Gasteiger partial charge >= 0.3 is 0 Å². The fourth-order valence-corrected chi connectivity index (χ4v) is 1.49. The van der Waals surface area contributed by atoms with Crippen LogP contribution in [0.2, 0.25) is 0 Å². The largest absolute Gasteiger partial charge is 0.374 e. The minimum Gasteiger partial charge on any atom is -0.374 e. The molecule has 1 aromatic heterocycles. The molecule has 0 aliphatic carbocycles. The highest BCUT2D eigenvalue weighted by atomic mass is 32.1. The quantitative estimate of drug-likeness (QED) is 0.511. The van der Waals surface area contributed by atoms with E-state index in [2.05, 4.69) is 14.5 Å². The van der Waals surface area contributed by atoms with Gasteiger partial charge in [-0.1, -0.05) is 5.16 Å². The van der Waals surface area contributed by atoms with E-state index in [1.165, 1.54) is 24.3 Å². The van der Waals surface area contributed by atoms with Crippen LogP contribution in [0, 0.1) is 5.82 Å². The number of aromatic nitrogens is 2. The highest BCUT2D eigenvalue weighted by molar-refractivity contribution is 7.09. The Balaban J connectivity index is 2.15. The number of anilines is 1. The Bertz CT molecular complexity index is 582. The van der Waals surface area contributed by atoms with E-state index in [1.807, 2.05) is 0 Å². The molecule has 0 unspecified atom stereocenters. The van der Waals surface area contributed by atoms with Gasteiger partial charge in [0.1, 0.15) is 5.82 Å². The first-order valence-electron chi connectivity index (χ1n) is 4.74. The van der Waals surface area contributed by atoms with Gasteiger partial charge in [-0.3, -0.25) is 4.79 Å². The summed E-state index contributed by atoms with van der Waals surface area (Å²) in [5.41, 5.74) is 5.30. The first-order valence-corrected chi connectivity index (χ1v) is 5.51. The average molecular weight is 266 g/mol. The Labute approximate surface area is 105 Å². The molecule has 0 amide bonds. The fraction of sp³-hybridized carbons (Fsp3) is 0. The highest BCUT2D eigenvalue weighted by Crippen LogP contribution is 2.12. The van der Waals surface area contributed by atoms with Crippen molar-refractivity contribution in [2.24, 2.45) is 5.16 Å². The molecule has 0 aliphatic heterocycles. The van der Waals surface area contributed by atoms with Crippen LogP contribution in [0.1, 0.15) is 5.82 Å². The lowest BCUT2D eigenvalue weighted by Gasteiger charge is -1.98. The van der Waals surface area contributed by atoms with Crippen LogP contribution in [0.15, 0.2) is 29.4 Å². The fourth-order valence-electron chi connectivity index (χ4n) is 1.05. The molecule has 0 saturated carbocycles. The van der Waals surface area contributed by atoms with E-state index < -0.39 is 5.82 Å². The van der Waals surface area contributed by atoms with Crippen LogP contribution in [-0.4, -0.2) is 21.4 Å². The molecule has 0 fully saturated rings. The summed E-state index contributed by atoms with van der Waals surface area (Å²) in [6.45, 7) is 0. The molecule has 2 rings (SSSR count). The van der Waals surface area contributed by atoms with E-state index in [-0.39, 0.29) is 16.7 Å². The summed E-state index contributed by atoms with van der Waals surface area (Å²) in [7, 11) is 0. The standard InChI is InChI=1S/C10H7FN4O2S/c11-6-1-3-7(4-2-6)17-14-8(5-16)9-13-10(12)18-15-9/h1-5H,(H2,12,13,15)/b14-8+. The number of nitrogens with two attached hydrogens (primary N) is 1. The third-order valence-corrected chi connectivity index (χ3v) is 2.39. The summed E-state index contributed by atoms with van der Waals surface area (Å²) in [4.78, 5) is 19.5. The lowest BCUT2D eigenvalue weighted by atomic mass is 10.3. The molecule has 2 N–H and O–H groups in total. The molecule has 1 aromatic carbocycles. The van der Waals surface area contributed by atoms with Gasteiger partial charge < -0.3 is 10.6 Å². The maximum Gasteiger partial charge on any atom is 0.200 e. The van der Waals surface area contributed by atoms with Crippen molar-refractivity contribution in [1.82, 2.24) is 9.36 Å². The number of hydrogen-bond donors (Lipinski definition) is 1. The number of carbonyl (C=O) groups excluding carboxylic acids is 1. The van der Waals surface area contributed by atoms with Gasteiger partial charge in [0.05, 0.1) is 0 Å². The molecule has 1 heterocycles. The van der Waals surface area contributed by atoms with Crippen molar-refractivity contribution >= 4 is 28.7 Å². The van der Waals surface area contributed by atoms with Gasteiger partial charge in [0.25, 0.3) is 0 Å². The van der Waals surface area contributed by atoms with Crippen molar-refractivity contribution in [2.45, 2.75) is 0 Å². The first-order chi connectivity index (χ1) is 8.69. The van der Waals surface area contributed by atoms with Crippen molar-refractivity contribution in [1.29, 1.82) is 0 Å². The number of oxime groups is 1. The van der Waals surface area contributed by atoms with Crippen LogP contribution < -0.4 is 10.6 Å². The zero-order valence-electron chi connectivity index (χ0n) is 8.91. The van der Waals surface area contributed by atoms with Gasteiger partial charge in [-0.05, 0) is 24.3 Å². The van der Waals surface area contributed by atoms with E-state index in [9.17, 15) is 9.18 Å². The molecule has 0 radical (unpaired) electrons. The highest BCUT2D eigenvalue weighted by Gasteiger charge is 2.09. The van der Waals surface area contributed by atoms with Crippen molar-refractivity contribution in [3.05, 3.63) is 35.9 Å². The van der Waals surface area contributed by atoms with Crippen LogP contribution in [-0.2, 0) is 4.79 Å². The second-order valence-electron chi connectivity index (χ2n) is 3.10. The molecule has 8 heteroatoms. The van der Waals surface area contributed by atoms with Crippen molar-refractivity contribution in [3.63, 3.8) is 0 Å². The summed E-state index contributed by atoms with van der Waals surface area (Å²) >= 11 is 0.944. The molecule has 2 aromatic rings. The SMILES string of the molecule is Nc1nc(/C(C=O)=N/Oc2ccc(F)cc2)ns1. The van der Waals surface area contributed by atoms with Crippen LogP contribution in [0.25, 0.3) is 0 Å². The molecule has 0 atom stereocenters. The maximum absolute atomic E-state index is 12.6. The van der Waals surface area contributed by atoms with Crippen LogP contribution in [0.5, 0.6) is 5.75 Å². The smallest absolute Gasteiger partial charge is 0.200 e. The zero-order chi connectivity index (χ0) is 13.0. The number of aldehydes is 1. The number of benzene rings is 1. The normalized spacial score (nSPS) is 11.3. The second-order valence-corrected chi connectivity index (χ2v) is 3.88. The van der Waals surface area contributed by atoms with E-state index >= 15 is 0 Å². The summed E-state index contributed by atoms with van der Waals surface area (Å²) < 4.78 is 16.5. The van der Waals surface area contributed by atoms with Crippen molar-refractivity contribution in [3.8, 4) is 5.75 Å². The minimum atomic E-state index is -0.393. The molecule has 18 heavy (non-hydrogen) atoms. The number of nitrogen functional groups attached to an aromatic ring is 1. The zero-order valence-corrected chi connectivity index (χ0v) is 9.72. The monoisotopic (exact) mass is 266 g/mol. The second kappa shape index (κ2) is 5.32. The Morgan fingerprint density at radius 1 is 1.44 bits per heavy atom. The predicted octanol–water partition coefficient (Wildman–Crippen LogP) is 1.24. The molecule has 92 valence electrons. The van der Waals surface area contributed by atoms with E-state index in [0.717, 1.165) is 11.5 Å². The first kappa shape index (κ1) is 12.1. The van der Waals surface area contributed by atoms with E-state index in [0.29, 0.717) is 12.0 Å².